The van der Waals surface area contributed by atoms with E-state index in [1.807, 2.05) is 12.1 Å². The van der Waals surface area contributed by atoms with Crippen LogP contribution >= 0.6 is 0 Å². The first-order valence-corrected chi connectivity index (χ1v) is 5.23. The van der Waals surface area contributed by atoms with Gasteiger partial charge in [-0.3, -0.25) is 4.98 Å². The number of nitrogens with two attached hydrogens (primary N) is 1. The van der Waals surface area contributed by atoms with Crippen molar-refractivity contribution in [2.45, 2.75) is 33.6 Å². The highest BCUT2D eigenvalue weighted by atomic mass is 14.7. The first-order chi connectivity index (χ1) is 6.52. The summed E-state index contributed by atoms with van der Waals surface area (Å²) >= 11 is 0. The van der Waals surface area contributed by atoms with Gasteiger partial charge in [-0.1, -0.05) is 27.7 Å². The molecular weight excluding hydrogens is 172 g/mol. The molecule has 0 bridgehead atoms. The van der Waals surface area contributed by atoms with Crippen LogP contribution in [0.4, 0.5) is 5.69 Å². The van der Waals surface area contributed by atoms with Crippen molar-refractivity contribution in [1.82, 2.24) is 4.98 Å². The van der Waals surface area contributed by atoms with Gasteiger partial charge in [-0.25, -0.2) is 0 Å². The van der Waals surface area contributed by atoms with Crippen LogP contribution in [0.1, 0.15) is 39.3 Å². The van der Waals surface area contributed by atoms with E-state index in [4.69, 9.17) is 5.73 Å². The number of hydrogen-bond acceptors (Lipinski definition) is 2. The molecule has 0 aromatic carbocycles. The molecule has 0 unspecified atom stereocenters. The van der Waals surface area contributed by atoms with Crippen molar-refractivity contribution in [3.05, 3.63) is 24.0 Å². The second-order valence-corrected chi connectivity index (χ2v) is 4.53. The van der Waals surface area contributed by atoms with Crippen molar-refractivity contribution < 1.29 is 0 Å². The molecule has 0 radical (unpaired) electrons. The van der Waals surface area contributed by atoms with Crippen molar-refractivity contribution in [2.24, 2.45) is 11.8 Å². The molecule has 78 valence electrons. The Bertz CT molecular complexity index is 284. The monoisotopic (exact) mass is 192 g/mol. The van der Waals surface area contributed by atoms with Gasteiger partial charge in [-0.2, -0.15) is 0 Å². The zero-order valence-electron chi connectivity index (χ0n) is 9.49. The van der Waals surface area contributed by atoms with Crippen LogP contribution in [0.2, 0.25) is 0 Å². The van der Waals surface area contributed by atoms with Crippen LogP contribution in [0.3, 0.4) is 0 Å². The molecule has 0 atom stereocenters. The Hall–Kier alpha value is -1.05. The molecule has 1 heterocycles. The lowest BCUT2D eigenvalue weighted by molar-refractivity contribution is 0.380. The number of rotatable bonds is 3. The number of pyridine rings is 1. The Morgan fingerprint density at radius 3 is 2.14 bits per heavy atom. The summed E-state index contributed by atoms with van der Waals surface area (Å²) in [6, 6.07) is 3.83. The summed E-state index contributed by atoms with van der Waals surface area (Å²) in [6.45, 7) is 8.93. The van der Waals surface area contributed by atoms with Crippen molar-refractivity contribution in [1.29, 1.82) is 0 Å². The van der Waals surface area contributed by atoms with Gasteiger partial charge in [0.05, 0.1) is 0 Å². The van der Waals surface area contributed by atoms with E-state index in [1.165, 1.54) is 0 Å². The molecule has 0 fully saturated rings. The van der Waals surface area contributed by atoms with E-state index in [1.54, 1.807) is 6.20 Å². The number of anilines is 1. The van der Waals surface area contributed by atoms with Gasteiger partial charge in [0.15, 0.2) is 0 Å². The molecular formula is C12H20N2. The maximum atomic E-state index is 5.76. The maximum absolute atomic E-state index is 5.76. The summed E-state index contributed by atoms with van der Waals surface area (Å²) in [5.41, 5.74) is 7.68. The highest BCUT2D eigenvalue weighted by Crippen LogP contribution is 2.30. The van der Waals surface area contributed by atoms with Crippen LogP contribution in [0, 0.1) is 11.8 Å². The van der Waals surface area contributed by atoms with Gasteiger partial charge < -0.3 is 5.73 Å². The molecule has 0 spiro atoms. The summed E-state index contributed by atoms with van der Waals surface area (Å²) in [5, 5.41) is 0. The van der Waals surface area contributed by atoms with E-state index in [0.717, 1.165) is 11.4 Å². The standard InChI is InChI=1S/C12H20N2/c1-8(2)12(9(3)4)11-7-10(13)5-6-14-11/h5-9,12H,1-4H3,(H2,13,14). The van der Waals surface area contributed by atoms with Crippen LogP contribution in [-0.2, 0) is 0 Å². The third-order valence-electron chi connectivity index (χ3n) is 2.58. The fourth-order valence-electron chi connectivity index (χ4n) is 2.10. The Morgan fingerprint density at radius 2 is 1.71 bits per heavy atom. The molecule has 2 heteroatoms. The zero-order chi connectivity index (χ0) is 10.7. The second-order valence-electron chi connectivity index (χ2n) is 4.53. The summed E-state index contributed by atoms with van der Waals surface area (Å²) in [5.74, 6) is 1.70. The zero-order valence-corrected chi connectivity index (χ0v) is 9.49. The molecule has 0 saturated heterocycles. The first-order valence-electron chi connectivity index (χ1n) is 5.23. The largest absolute Gasteiger partial charge is 0.399 e. The normalized spacial score (nSPS) is 11.6. The average Bonchev–Trinajstić information content (AvgIpc) is 2.02. The summed E-state index contributed by atoms with van der Waals surface area (Å²) in [6.07, 6.45) is 1.79. The Morgan fingerprint density at radius 1 is 1.14 bits per heavy atom. The lowest BCUT2D eigenvalue weighted by Crippen LogP contribution is -2.15. The lowest BCUT2D eigenvalue weighted by Gasteiger charge is -2.24. The minimum absolute atomic E-state index is 0.499. The Labute approximate surface area is 86.5 Å². The van der Waals surface area contributed by atoms with Crippen LogP contribution in [0.5, 0.6) is 0 Å². The molecule has 2 N–H and O–H groups in total. The highest BCUT2D eigenvalue weighted by molar-refractivity contribution is 5.38. The number of nitrogens with zero attached hydrogens (tertiary/aromatic N) is 1. The number of nitrogen functional groups attached to an aromatic ring is 1. The van der Waals surface area contributed by atoms with E-state index in [9.17, 15) is 0 Å². The van der Waals surface area contributed by atoms with Gasteiger partial charge in [0.1, 0.15) is 0 Å². The number of hydrogen-bond donors (Lipinski definition) is 1. The molecule has 0 aliphatic heterocycles. The van der Waals surface area contributed by atoms with E-state index in [-0.39, 0.29) is 0 Å². The summed E-state index contributed by atoms with van der Waals surface area (Å²) in [4.78, 5) is 4.40. The molecule has 1 aromatic heterocycles. The molecule has 14 heavy (non-hydrogen) atoms. The second kappa shape index (κ2) is 4.45. The van der Waals surface area contributed by atoms with Crippen molar-refractivity contribution >= 4 is 5.69 Å². The minimum Gasteiger partial charge on any atom is -0.399 e. The van der Waals surface area contributed by atoms with Crippen molar-refractivity contribution in [3.63, 3.8) is 0 Å². The predicted molar refractivity (Wildman–Crippen MR) is 61.1 cm³/mol. The van der Waals surface area contributed by atoms with Gasteiger partial charge >= 0.3 is 0 Å². The van der Waals surface area contributed by atoms with Crippen LogP contribution < -0.4 is 5.73 Å². The minimum atomic E-state index is 0.499. The Balaban J connectivity index is 2.99. The van der Waals surface area contributed by atoms with Gasteiger partial charge in [0.2, 0.25) is 0 Å². The topological polar surface area (TPSA) is 38.9 Å². The van der Waals surface area contributed by atoms with Gasteiger partial charge in [-0.05, 0) is 24.0 Å². The highest BCUT2D eigenvalue weighted by Gasteiger charge is 2.20. The quantitative estimate of drug-likeness (QED) is 0.799. The smallest absolute Gasteiger partial charge is 0.0460 e. The van der Waals surface area contributed by atoms with Crippen LogP contribution in [0.25, 0.3) is 0 Å². The van der Waals surface area contributed by atoms with Crippen molar-refractivity contribution in [2.75, 3.05) is 5.73 Å². The molecule has 0 aliphatic carbocycles. The molecule has 0 aliphatic rings. The van der Waals surface area contributed by atoms with E-state index >= 15 is 0 Å². The Kier molecular flexibility index (Phi) is 3.50. The van der Waals surface area contributed by atoms with E-state index in [2.05, 4.69) is 32.7 Å². The molecule has 1 aromatic rings. The van der Waals surface area contributed by atoms with Crippen molar-refractivity contribution in [3.8, 4) is 0 Å². The summed E-state index contributed by atoms with van der Waals surface area (Å²) in [7, 11) is 0. The third-order valence-corrected chi connectivity index (χ3v) is 2.58. The molecule has 0 amide bonds. The number of aromatic nitrogens is 1. The SMILES string of the molecule is CC(C)C(c1cc(N)ccn1)C(C)C. The first kappa shape index (κ1) is 11.0. The van der Waals surface area contributed by atoms with Gasteiger partial charge in [0.25, 0.3) is 0 Å². The third kappa shape index (κ3) is 2.47. The predicted octanol–water partition coefficient (Wildman–Crippen LogP) is 3.06. The molecule has 2 nitrogen and oxygen atoms in total. The fourth-order valence-corrected chi connectivity index (χ4v) is 2.10. The van der Waals surface area contributed by atoms with Gasteiger partial charge in [0, 0.05) is 23.5 Å². The summed E-state index contributed by atoms with van der Waals surface area (Å²) < 4.78 is 0. The average molecular weight is 192 g/mol. The van der Waals surface area contributed by atoms with Gasteiger partial charge in [-0.15, -0.1) is 0 Å². The molecule has 0 saturated carbocycles. The maximum Gasteiger partial charge on any atom is 0.0460 e. The van der Waals surface area contributed by atoms with E-state index < -0.39 is 0 Å². The lowest BCUT2D eigenvalue weighted by atomic mass is 9.82. The fraction of sp³-hybridized carbons (Fsp3) is 0.583. The molecule has 1 rings (SSSR count). The van der Waals surface area contributed by atoms with E-state index in [0.29, 0.717) is 17.8 Å². The van der Waals surface area contributed by atoms with Crippen LogP contribution in [0.15, 0.2) is 18.3 Å². The van der Waals surface area contributed by atoms with Crippen LogP contribution in [-0.4, -0.2) is 4.98 Å².